The molecule has 0 amide bonds. The minimum absolute atomic E-state index is 0.0303. The first-order chi connectivity index (χ1) is 13.1. The van der Waals surface area contributed by atoms with Crippen LogP contribution in [0.15, 0.2) is 24.3 Å². The standard InChI is InChI=1S/C22H34O6/c1-5-7-15(23)13-19(25)21(3)11-9-18-17(27-21)10-12-22(4,28-18)20(26)14-16(24)8-6-2/h5-8,17-20,25-26H,9-14H2,1-4H3/b7-5+,8-6+/t17-,18+,19-,20+,21+,22-. The van der Waals surface area contributed by atoms with Crippen LogP contribution in [0, 0.1) is 0 Å². The quantitative estimate of drug-likeness (QED) is 0.615. The predicted octanol–water partition coefficient (Wildman–Crippen LogP) is 2.65. The lowest BCUT2D eigenvalue weighted by atomic mass is 9.79. The highest BCUT2D eigenvalue weighted by molar-refractivity contribution is 5.90. The molecule has 0 aromatic heterocycles. The lowest BCUT2D eigenvalue weighted by Crippen LogP contribution is -2.59. The van der Waals surface area contributed by atoms with Crippen LogP contribution in [-0.4, -0.2) is 57.4 Å². The second kappa shape index (κ2) is 9.44. The van der Waals surface area contributed by atoms with Crippen LogP contribution in [0.5, 0.6) is 0 Å². The number of rotatable bonds is 8. The molecule has 2 fully saturated rings. The average Bonchev–Trinajstić information content (AvgIpc) is 2.62. The minimum atomic E-state index is -0.880. The molecule has 6 heteroatoms. The van der Waals surface area contributed by atoms with E-state index in [2.05, 4.69) is 0 Å². The fourth-order valence-corrected chi connectivity index (χ4v) is 4.12. The van der Waals surface area contributed by atoms with Gasteiger partial charge in [-0.25, -0.2) is 0 Å². The molecule has 2 saturated heterocycles. The molecule has 2 aliphatic rings. The lowest BCUT2D eigenvalue weighted by molar-refractivity contribution is -0.275. The summed E-state index contributed by atoms with van der Waals surface area (Å²) in [4.78, 5) is 23.7. The molecule has 158 valence electrons. The second-order valence-corrected chi connectivity index (χ2v) is 8.39. The Morgan fingerprint density at radius 3 is 1.57 bits per heavy atom. The van der Waals surface area contributed by atoms with Gasteiger partial charge in [0.05, 0.1) is 35.6 Å². The maximum Gasteiger partial charge on any atom is 0.158 e. The summed E-state index contributed by atoms with van der Waals surface area (Å²) < 4.78 is 12.4. The normalized spacial score (nSPS) is 35.6. The minimum Gasteiger partial charge on any atom is -0.390 e. The predicted molar refractivity (Wildman–Crippen MR) is 106 cm³/mol. The van der Waals surface area contributed by atoms with Crippen molar-refractivity contribution in [1.29, 1.82) is 0 Å². The molecule has 0 radical (unpaired) electrons. The van der Waals surface area contributed by atoms with E-state index in [-0.39, 0.29) is 36.6 Å². The largest absolute Gasteiger partial charge is 0.390 e. The number of carbonyl (C=O) groups is 2. The van der Waals surface area contributed by atoms with Crippen molar-refractivity contribution in [3.8, 4) is 0 Å². The van der Waals surface area contributed by atoms with Crippen LogP contribution >= 0.6 is 0 Å². The van der Waals surface area contributed by atoms with Gasteiger partial charge in [-0.3, -0.25) is 9.59 Å². The van der Waals surface area contributed by atoms with Gasteiger partial charge in [0.2, 0.25) is 0 Å². The fourth-order valence-electron chi connectivity index (χ4n) is 4.12. The van der Waals surface area contributed by atoms with E-state index >= 15 is 0 Å². The first-order valence-electron chi connectivity index (χ1n) is 10.2. The molecular weight excluding hydrogens is 360 g/mol. The number of fused-ring (bicyclic) bond motifs is 1. The Hall–Kier alpha value is -1.34. The second-order valence-electron chi connectivity index (χ2n) is 8.39. The smallest absolute Gasteiger partial charge is 0.158 e. The topological polar surface area (TPSA) is 93.1 Å². The van der Waals surface area contributed by atoms with Crippen molar-refractivity contribution in [2.45, 2.75) is 102 Å². The van der Waals surface area contributed by atoms with E-state index in [0.717, 1.165) is 0 Å². The van der Waals surface area contributed by atoms with Gasteiger partial charge in [-0.1, -0.05) is 12.2 Å². The van der Waals surface area contributed by atoms with E-state index in [4.69, 9.17) is 9.47 Å². The molecule has 0 unspecified atom stereocenters. The SMILES string of the molecule is C/C=C/C(=O)C[C@@H](O)[C@]1(C)CC[C@@H]2O[C@@](C)([C@@H](O)CC(=O)/C=C/C)CC[C@H]2O1. The van der Waals surface area contributed by atoms with Crippen LogP contribution in [-0.2, 0) is 19.1 Å². The third-order valence-corrected chi connectivity index (χ3v) is 6.01. The molecule has 28 heavy (non-hydrogen) atoms. The third-order valence-electron chi connectivity index (χ3n) is 6.01. The molecule has 0 aliphatic carbocycles. The van der Waals surface area contributed by atoms with Crippen LogP contribution in [0.1, 0.15) is 66.2 Å². The van der Waals surface area contributed by atoms with E-state index in [9.17, 15) is 19.8 Å². The molecule has 0 saturated carbocycles. The average molecular weight is 395 g/mol. The summed E-state index contributed by atoms with van der Waals surface area (Å²) in [6.45, 7) is 7.22. The molecule has 0 aromatic rings. The summed E-state index contributed by atoms with van der Waals surface area (Å²) >= 11 is 0. The van der Waals surface area contributed by atoms with Gasteiger partial charge in [0.1, 0.15) is 0 Å². The number of aliphatic hydroxyl groups is 2. The highest BCUT2D eigenvalue weighted by Gasteiger charge is 2.50. The molecule has 2 rings (SSSR count). The van der Waals surface area contributed by atoms with E-state index in [0.29, 0.717) is 25.7 Å². The van der Waals surface area contributed by atoms with Crippen molar-refractivity contribution in [3.63, 3.8) is 0 Å². The van der Waals surface area contributed by atoms with Crippen molar-refractivity contribution >= 4 is 11.6 Å². The molecule has 0 spiro atoms. The number of aliphatic hydroxyl groups excluding tert-OH is 2. The molecule has 0 aromatic carbocycles. The van der Waals surface area contributed by atoms with Gasteiger partial charge in [0, 0.05) is 12.8 Å². The Labute approximate surface area is 167 Å². The maximum absolute atomic E-state index is 11.8. The summed E-state index contributed by atoms with van der Waals surface area (Å²) in [5, 5.41) is 21.1. The zero-order chi connectivity index (χ0) is 20.9. The zero-order valence-corrected chi connectivity index (χ0v) is 17.4. The number of allylic oxidation sites excluding steroid dienone is 4. The highest BCUT2D eigenvalue weighted by Crippen LogP contribution is 2.42. The van der Waals surface area contributed by atoms with Crippen LogP contribution in [0.2, 0.25) is 0 Å². The number of carbonyl (C=O) groups excluding carboxylic acids is 2. The summed E-state index contributed by atoms with van der Waals surface area (Å²) in [5.74, 6) is -0.244. The van der Waals surface area contributed by atoms with Gasteiger partial charge in [0.15, 0.2) is 11.6 Å². The molecule has 2 N–H and O–H groups in total. The van der Waals surface area contributed by atoms with Crippen LogP contribution in [0.4, 0.5) is 0 Å². The van der Waals surface area contributed by atoms with Crippen LogP contribution in [0.25, 0.3) is 0 Å². The summed E-state index contributed by atoms with van der Waals surface area (Å²) in [7, 11) is 0. The first-order valence-corrected chi connectivity index (χ1v) is 10.2. The van der Waals surface area contributed by atoms with Crippen molar-refractivity contribution < 1.29 is 29.3 Å². The highest BCUT2D eigenvalue weighted by atomic mass is 16.6. The van der Waals surface area contributed by atoms with E-state index < -0.39 is 23.4 Å². The van der Waals surface area contributed by atoms with Gasteiger partial charge < -0.3 is 19.7 Å². The molecule has 6 atom stereocenters. The summed E-state index contributed by atoms with van der Waals surface area (Å²) in [5.41, 5.74) is -1.59. The summed E-state index contributed by atoms with van der Waals surface area (Å²) in [6, 6.07) is 0. The van der Waals surface area contributed by atoms with Gasteiger partial charge in [0.25, 0.3) is 0 Å². The molecule has 6 nitrogen and oxygen atoms in total. The molecule has 2 heterocycles. The molecule has 0 bridgehead atoms. The van der Waals surface area contributed by atoms with E-state index in [1.165, 1.54) is 12.2 Å². The molecule has 2 aliphatic heterocycles. The van der Waals surface area contributed by atoms with Gasteiger partial charge in [-0.15, -0.1) is 0 Å². The van der Waals surface area contributed by atoms with Crippen LogP contribution in [0.3, 0.4) is 0 Å². The van der Waals surface area contributed by atoms with Crippen molar-refractivity contribution in [3.05, 3.63) is 24.3 Å². The maximum atomic E-state index is 11.8. The lowest BCUT2D eigenvalue weighted by Gasteiger charge is -2.51. The Bertz CT molecular complexity index is 573. The van der Waals surface area contributed by atoms with Crippen LogP contribution < -0.4 is 0 Å². The Morgan fingerprint density at radius 2 is 1.25 bits per heavy atom. The van der Waals surface area contributed by atoms with Crippen molar-refractivity contribution in [2.75, 3.05) is 0 Å². The number of hydrogen-bond acceptors (Lipinski definition) is 6. The number of ether oxygens (including phenoxy) is 2. The van der Waals surface area contributed by atoms with Crippen molar-refractivity contribution in [2.24, 2.45) is 0 Å². The van der Waals surface area contributed by atoms with Gasteiger partial charge in [-0.05, 0) is 65.5 Å². The van der Waals surface area contributed by atoms with Gasteiger partial charge >= 0.3 is 0 Å². The number of hydrogen-bond donors (Lipinski definition) is 2. The molecular formula is C22H34O6. The van der Waals surface area contributed by atoms with Gasteiger partial charge in [-0.2, -0.15) is 0 Å². The Morgan fingerprint density at radius 1 is 0.893 bits per heavy atom. The van der Waals surface area contributed by atoms with E-state index in [1.807, 2.05) is 13.8 Å². The van der Waals surface area contributed by atoms with E-state index in [1.54, 1.807) is 26.0 Å². The number of ketones is 2. The van der Waals surface area contributed by atoms with Crippen molar-refractivity contribution in [1.82, 2.24) is 0 Å². The first kappa shape index (κ1) is 22.9. The zero-order valence-electron chi connectivity index (χ0n) is 17.4. The Balaban J connectivity index is 1.98. The fraction of sp³-hybridized carbons (Fsp3) is 0.727. The third kappa shape index (κ3) is 5.38. The summed E-state index contributed by atoms with van der Waals surface area (Å²) in [6.07, 6.45) is 6.61. The Kier molecular flexibility index (Phi) is 7.73. The monoisotopic (exact) mass is 394 g/mol.